The van der Waals surface area contributed by atoms with E-state index in [2.05, 4.69) is 13.8 Å². The van der Waals surface area contributed by atoms with Gasteiger partial charge in [0.15, 0.2) is 0 Å². The summed E-state index contributed by atoms with van der Waals surface area (Å²) < 4.78 is 0. The smallest absolute Gasteiger partial charge is 0.358 e. The molecule has 113 valence electrons. The second-order valence-corrected chi connectivity index (χ2v) is 8.58. The molecule has 1 unspecified atom stereocenters. The summed E-state index contributed by atoms with van der Waals surface area (Å²) in [7, 11) is 1.24. The van der Waals surface area contributed by atoms with Crippen LogP contribution in [0.5, 0.6) is 0 Å². The summed E-state index contributed by atoms with van der Waals surface area (Å²) in [6.07, 6.45) is 13.6. The average Bonchev–Trinajstić information content (AvgIpc) is 2.71. The molecule has 2 saturated carbocycles. The third-order valence-electron chi connectivity index (χ3n) is 4.56. The number of hydrogen-bond donors (Lipinski definition) is 0. The second kappa shape index (κ2) is 11.8. The van der Waals surface area contributed by atoms with Crippen molar-refractivity contribution in [1.29, 1.82) is 0 Å². The molecule has 2 aliphatic carbocycles. The first-order valence-electron chi connectivity index (χ1n) is 6.96. The monoisotopic (exact) mass is 319 g/mol. The van der Waals surface area contributed by atoms with Crippen LogP contribution in [-0.2, 0) is 21.7 Å². The van der Waals surface area contributed by atoms with Gasteiger partial charge in [-0.3, -0.25) is 0 Å². The van der Waals surface area contributed by atoms with Crippen LogP contribution in [0.3, 0.4) is 0 Å². The van der Waals surface area contributed by atoms with E-state index in [-0.39, 0.29) is 44.0 Å². The van der Waals surface area contributed by atoms with Gasteiger partial charge in [-0.1, -0.05) is 46.0 Å². The Morgan fingerprint density at radius 3 is 1.63 bits per heavy atom. The summed E-state index contributed by atoms with van der Waals surface area (Å²) in [4.78, 5) is 0. The first kappa shape index (κ1) is 25.1. The maximum absolute atomic E-state index is 2.55. The molecule has 2 heteroatoms. The summed E-state index contributed by atoms with van der Waals surface area (Å²) in [5.74, 6) is 1.05. The van der Waals surface area contributed by atoms with Crippen molar-refractivity contribution in [3.05, 3.63) is 22.3 Å². The molecule has 0 heterocycles. The van der Waals surface area contributed by atoms with E-state index in [4.69, 9.17) is 0 Å². The molecule has 0 saturated heterocycles. The summed E-state index contributed by atoms with van der Waals surface area (Å²) in [5, 5.41) is 0.665. The fourth-order valence-electron chi connectivity index (χ4n) is 3.54. The van der Waals surface area contributed by atoms with Gasteiger partial charge in [-0.15, -0.1) is 8.58 Å². The van der Waals surface area contributed by atoms with E-state index in [0.29, 0.717) is 5.16 Å². The molecule has 19 heavy (non-hydrogen) atoms. The Bertz CT molecular complexity index is 191. The van der Waals surface area contributed by atoms with Gasteiger partial charge in [0.1, 0.15) is 0 Å². The van der Waals surface area contributed by atoms with Crippen molar-refractivity contribution >= 4 is 8.58 Å². The van der Waals surface area contributed by atoms with E-state index in [1.807, 2.05) is 0 Å². The maximum Gasteiger partial charge on any atom is 3.00 e. The van der Waals surface area contributed by atoms with Gasteiger partial charge in [0, 0.05) is 0 Å². The van der Waals surface area contributed by atoms with E-state index < -0.39 is 0 Å². The second-order valence-electron chi connectivity index (χ2n) is 6.18. The Morgan fingerprint density at radius 1 is 0.737 bits per heavy atom. The Hall–Kier alpha value is 1.14. The van der Waals surface area contributed by atoms with Crippen LogP contribution in [0, 0.1) is 28.2 Å². The van der Waals surface area contributed by atoms with Gasteiger partial charge in [-0.05, 0) is 42.4 Å². The molecule has 2 rings (SSSR count). The van der Waals surface area contributed by atoms with E-state index in [1.165, 1.54) is 66.4 Å². The molecule has 0 N–H and O–H groups in total. The largest absolute Gasteiger partial charge is 3.00 e. The minimum atomic E-state index is 0. The molecular formula is C17H36PTi. The zero-order valence-corrected chi connectivity index (χ0v) is 16.6. The molecule has 2 fully saturated rings. The van der Waals surface area contributed by atoms with E-state index in [0.717, 1.165) is 11.6 Å². The first-order chi connectivity index (χ1) is 7.18. The van der Waals surface area contributed by atoms with Gasteiger partial charge in [0.05, 0.1) is 0 Å². The third kappa shape index (κ3) is 7.64. The maximum atomic E-state index is 2.55. The van der Waals surface area contributed by atoms with Crippen molar-refractivity contribution in [3.63, 3.8) is 0 Å². The van der Waals surface area contributed by atoms with Crippen LogP contribution < -0.4 is 0 Å². The molecule has 0 bridgehead atoms. The van der Waals surface area contributed by atoms with Gasteiger partial charge in [-0.25, -0.2) is 0 Å². The van der Waals surface area contributed by atoms with Gasteiger partial charge >= 0.3 is 21.7 Å². The minimum absolute atomic E-state index is 0. The van der Waals surface area contributed by atoms with Gasteiger partial charge in [0.25, 0.3) is 0 Å². The topological polar surface area (TPSA) is 0 Å². The van der Waals surface area contributed by atoms with Crippen LogP contribution in [0.2, 0.25) is 0 Å². The molecule has 0 aliphatic heterocycles. The molecule has 0 nitrogen and oxygen atoms in total. The van der Waals surface area contributed by atoms with Gasteiger partial charge in [-0.2, -0.15) is 0 Å². The molecule has 1 atom stereocenters. The Kier molecular flexibility index (Phi) is 15.6. The van der Waals surface area contributed by atoms with E-state index in [9.17, 15) is 0 Å². The van der Waals surface area contributed by atoms with Crippen LogP contribution in [0.15, 0.2) is 0 Å². The Labute approximate surface area is 141 Å². The van der Waals surface area contributed by atoms with Crippen LogP contribution in [-0.4, -0.2) is 10.8 Å². The quantitative estimate of drug-likeness (QED) is 0.324. The van der Waals surface area contributed by atoms with Crippen LogP contribution >= 0.6 is 8.58 Å². The van der Waals surface area contributed by atoms with Crippen molar-refractivity contribution < 1.29 is 21.7 Å². The fourth-order valence-corrected chi connectivity index (χ4v) is 5.81. The summed E-state index contributed by atoms with van der Waals surface area (Å²) in [6, 6.07) is 0. The van der Waals surface area contributed by atoms with Gasteiger partial charge < -0.3 is 22.3 Å². The predicted octanol–water partition coefficient (Wildman–Crippen LogP) is 6.31. The summed E-state index contributed by atoms with van der Waals surface area (Å²) >= 11 is 0. The van der Waals surface area contributed by atoms with E-state index in [1.54, 1.807) is 0 Å². The van der Waals surface area contributed by atoms with Crippen molar-refractivity contribution in [3.8, 4) is 0 Å². The molecule has 0 aromatic heterocycles. The molecule has 0 amide bonds. The normalized spacial score (nSPS) is 21.2. The first-order valence-corrected chi connectivity index (χ1v) is 8.04. The summed E-state index contributed by atoms with van der Waals surface area (Å²) in [5.41, 5.74) is 1.09. The molecule has 0 spiro atoms. The summed E-state index contributed by atoms with van der Waals surface area (Å²) in [6.45, 7) is 5.10. The minimum Gasteiger partial charge on any atom is -0.358 e. The van der Waals surface area contributed by atoms with Crippen LogP contribution in [0.25, 0.3) is 0 Å². The van der Waals surface area contributed by atoms with Crippen molar-refractivity contribution in [1.82, 2.24) is 0 Å². The molecule has 0 aromatic rings. The third-order valence-corrected chi connectivity index (χ3v) is 6.69. The molecule has 0 aromatic carbocycles. The molecular weight excluding hydrogens is 283 g/mol. The Balaban J connectivity index is -0.000000640. The van der Waals surface area contributed by atoms with E-state index >= 15 is 0 Å². The molecule has 1 radical (unpaired) electrons. The zero-order valence-electron chi connectivity index (χ0n) is 14.0. The number of rotatable bonds is 3. The standard InChI is InChI=1S/C14H27P.3CH3.Ti/c1-14(2,12-8-6-7-9-12)15-13-10-4-3-5-11-13;;;;/h12-13,15H,3-11H2,1-2H3;3*1H3;/q;3*-1;+3. The van der Waals surface area contributed by atoms with Gasteiger partial charge in [0.2, 0.25) is 0 Å². The average molecular weight is 319 g/mol. The fraction of sp³-hybridized carbons (Fsp3) is 0.824. The molecule has 2 aliphatic rings. The van der Waals surface area contributed by atoms with Crippen molar-refractivity contribution in [2.24, 2.45) is 5.92 Å². The number of hydrogen-bond acceptors (Lipinski definition) is 0. The Morgan fingerprint density at radius 2 is 1.16 bits per heavy atom. The van der Waals surface area contributed by atoms with Crippen molar-refractivity contribution in [2.45, 2.75) is 82.4 Å². The zero-order chi connectivity index (χ0) is 10.7. The van der Waals surface area contributed by atoms with Crippen LogP contribution in [0.1, 0.15) is 71.6 Å². The van der Waals surface area contributed by atoms with Crippen molar-refractivity contribution in [2.75, 3.05) is 0 Å². The SMILES string of the molecule is CC(C)(PC1CCCCC1)C1CCCC1.[CH3-].[CH3-].[CH3-].[Ti+3]. The van der Waals surface area contributed by atoms with Crippen LogP contribution in [0.4, 0.5) is 0 Å². The predicted molar refractivity (Wildman–Crippen MR) is 90.5 cm³/mol.